The summed E-state index contributed by atoms with van der Waals surface area (Å²) >= 11 is 3.12. The summed E-state index contributed by atoms with van der Waals surface area (Å²) in [7, 11) is 0. The maximum atomic E-state index is 13.5. The first-order chi connectivity index (χ1) is 8.22. The van der Waals surface area contributed by atoms with E-state index in [1.165, 1.54) is 6.07 Å². The molecule has 2 rings (SSSR count). The predicted molar refractivity (Wildman–Crippen MR) is 69.3 cm³/mol. The van der Waals surface area contributed by atoms with Gasteiger partial charge in [-0.25, -0.2) is 9.37 Å². The number of hydrogen-bond donors (Lipinski definition) is 1. The lowest BCUT2D eigenvalue weighted by Gasteiger charge is -2.08. The first kappa shape index (κ1) is 12.0. The Morgan fingerprint density at radius 3 is 2.76 bits per heavy atom. The maximum absolute atomic E-state index is 13.5. The van der Waals surface area contributed by atoms with Crippen molar-refractivity contribution in [3.8, 4) is 11.3 Å². The monoisotopic (exact) mass is 295 g/mol. The highest BCUT2D eigenvalue weighted by molar-refractivity contribution is 9.10. The molecule has 1 aromatic heterocycles. The van der Waals surface area contributed by atoms with Gasteiger partial charge in [0.1, 0.15) is 11.5 Å². The van der Waals surface area contributed by atoms with Crippen molar-refractivity contribution in [3.63, 3.8) is 0 Å². The fourth-order valence-electron chi connectivity index (χ4n) is 1.49. The lowest BCUT2D eigenvalue weighted by molar-refractivity contribution is 0.621. The van der Waals surface area contributed by atoms with Gasteiger partial charge in [0.25, 0.3) is 0 Å². The molecule has 0 radical (unpaired) electrons. The molecule has 0 bridgehead atoms. The third-order valence-electron chi connectivity index (χ3n) is 2.24. The van der Waals surface area contributed by atoms with E-state index in [1.54, 1.807) is 24.5 Å². The van der Waals surface area contributed by atoms with Crippen LogP contribution in [0.1, 0.15) is 6.92 Å². The van der Waals surface area contributed by atoms with Gasteiger partial charge in [-0.2, -0.15) is 0 Å². The van der Waals surface area contributed by atoms with Crippen LogP contribution >= 0.6 is 15.9 Å². The summed E-state index contributed by atoms with van der Waals surface area (Å²) in [4.78, 5) is 8.42. The van der Waals surface area contributed by atoms with Crippen LogP contribution < -0.4 is 5.32 Å². The molecule has 2 aromatic rings. The molecule has 5 heteroatoms. The van der Waals surface area contributed by atoms with Crippen LogP contribution in [0.5, 0.6) is 0 Å². The number of nitrogens with one attached hydrogen (secondary N) is 1. The number of aromatic nitrogens is 2. The molecule has 1 aromatic carbocycles. The minimum Gasteiger partial charge on any atom is -0.369 e. The van der Waals surface area contributed by atoms with Crippen LogP contribution in [0.3, 0.4) is 0 Å². The lowest BCUT2D eigenvalue weighted by atomic mass is 10.1. The van der Waals surface area contributed by atoms with Crippen molar-refractivity contribution < 1.29 is 4.39 Å². The maximum Gasteiger partial charge on any atom is 0.152 e. The number of hydrogen-bond acceptors (Lipinski definition) is 3. The summed E-state index contributed by atoms with van der Waals surface area (Å²) < 4.78 is 13.9. The van der Waals surface area contributed by atoms with E-state index in [1.807, 2.05) is 6.92 Å². The highest BCUT2D eigenvalue weighted by Gasteiger charge is 2.09. The van der Waals surface area contributed by atoms with E-state index in [0.29, 0.717) is 21.5 Å². The zero-order valence-corrected chi connectivity index (χ0v) is 10.8. The fourth-order valence-corrected chi connectivity index (χ4v) is 1.74. The Bertz CT molecular complexity index is 531. The van der Waals surface area contributed by atoms with Gasteiger partial charge in [0, 0.05) is 24.5 Å². The van der Waals surface area contributed by atoms with Crippen LogP contribution in [-0.2, 0) is 0 Å². The molecule has 0 saturated heterocycles. The Labute approximate surface area is 107 Å². The largest absolute Gasteiger partial charge is 0.369 e. The third kappa shape index (κ3) is 2.61. The SMILES string of the molecule is CCNc1nccnc1-c1ccc(Br)c(F)c1. The highest BCUT2D eigenvalue weighted by atomic mass is 79.9. The Kier molecular flexibility index (Phi) is 3.68. The normalized spacial score (nSPS) is 10.3. The van der Waals surface area contributed by atoms with E-state index in [4.69, 9.17) is 0 Å². The summed E-state index contributed by atoms with van der Waals surface area (Å²) in [6.45, 7) is 2.71. The van der Waals surface area contributed by atoms with Gasteiger partial charge in [-0.05, 0) is 35.0 Å². The number of anilines is 1. The van der Waals surface area contributed by atoms with Crippen molar-refractivity contribution in [2.75, 3.05) is 11.9 Å². The smallest absolute Gasteiger partial charge is 0.152 e. The molecule has 0 atom stereocenters. The molecule has 0 aliphatic heterocycles. The topological polar surface area (TPSA) is 37.8 Å². The summed E-state index contributed by atoms with van der Waals surface area (Å²) in [5, 5.41) is 3.10. The third-order valence-corrected chi connectivity index (χ3v) is 2.88. The van der Waals surface area contributed by atoms with Crippen molar-refractivity contribution in [2.24, 2.45) is 0 Å². The van der Waals surface area contributed by atoms with E-state index < -0.39 is 0 Å². The Balaban J connectivity index is 2.48. The number of nitrogens with zero attached hydrogens (tertiary/aromatic N) is 2. The number of benzene rings is 1. The minimum atomic E-state index is -0.310. The molecule has 1 heterocycles. The average Bonchev–Trinajstić information content (AvgIpc) is 2.34. The van der Waals surface area contributed by atoms with E-state index in [-0.39, 0.29) is 5.82 Å². The van der Waals surface area contributed by atoms with E-state index in [0.717, 1.165) is 6.54 Å². The van der Waals surface area contributed by atoms with Crippen LogP contribution in [0, 0.1) is 5.82 Å². The molecule has 0 saturated carbocycles. The molecular weight excluding hydrogens is 285 g/mol. The van der Waals surface area contributed by atoms with E-state index in [9.17, 15) is 4.39 Å². The second-order valence-electron chi connectivity index (χ2n) is 3.41. The van der Waals surface area contributed by atoms with Gasteiger partial charge in [-0.15, -0.1) is 0 Å². The van der Waals surface area contributed by atoms with Gasteiger partial charge in [-0.3, -0.25) is 4.98 Å². The Morgan fingerprint density at radius 2 is 2.06 bits per heavy atom. The summed E-state index contributed by atoms with van der Waals surface area (Å²) in [5.41, 5.74) is 1.36. The van der Waals surface area contributed by atoms with E-state index >= 15 is 0 Å². The molecule has 0 fully saturated rings. The molecule has 17 heavy (non-hydrogen) atoms. The van der Waals surface area contributed by atoms with Crippen LogP contribution in [0.2, 0.25) is 0 Å². The quantitative estimate of drug-likeness (QED) is 0.942. The van der Waals surface area contributed by atoms with Gasteiger partial charge in [0.05, 0.1) is 4.47 Å². The fraction of sp³-hybridized carbons (Fsp3) is 0.167. The number of halogens is 2. The van der Waals surface area contributed by atoms with Crippen molar-refractivity contribution in [1.82, 2.24) is 9.97 Å². The average molecular weight is 296 g/mol. The zero-order valence-electron chi connectivity index (χ0n) is 9.24. The lowest BCUT2D eigenvalue weighted by Crippen LogP contribution is -2.02. The summed E-state index contributed by atoms with van der Waals surface area (Å²) in [6, 6.07) is 4.90. The van der Waals surface area contributed by atoms with Crippen LogP contribution in [-0.4, -0.2) is 16.5 Å². The molecule has 88 valence electrons. The second kappa shape index (κ2) is 5.23. The first-order valence-electron chi connectivity index (χ1n) is 5.22. The summed E-state index contributed by atoms with van der Waals surface area (Å²) in [6.07, 6.45) is 3.20. The van der Waals surface area contributed by atoms with Gasteiger partial charge in [-0.1, -0.05) is 6.07 Å². The van der Waals surface area contributed by atoms with Crippen LogP contribution in [0.4, 0.5) is 10.2 Å². The molecule has 0 aliphatic rings. The predicted octanol–water partition coefficient (Wildman–Crippen LogP) is 3.48. The van der Waals surface area contributed by atoms with Gasteiger partial charge in [0.15, 0.2) is 5.82 Å². The van der Waals surface area contributed by atoms with Gasteiger partial charge < -0.3 is 5.32 Å². The molecule has 0 aliphatic carbocycles. The Hall–Kier alpha value is -1.49. The summed E-state index contributed by atoms with van der Waals surface area (Å²) in [5.74, 6) is 0.354. The Morgan fingerprint density at radius 1 is 1.29 bits per heavy atom. The molecule has 0 amide bonds. The van der Waals surface area contributed by atoms with Gasteiger partial charge >= 0.3 is 0 Å². The van der Waals surface area contributed by atoms with Crippen molar-refractivity contribution in [2.45, 2.75) is 6.92 Å². The van der Waals surface area contributed by atoms with Crippen LogP contribution in [0.25, 0.3) is 11.3 Å². The molecule has 3 nitrogen and oxygen atoms in total. The van der Waals surface area contributed by atoms with Crippen molar-refractivity contribution in [3.05, 3.63) is 40.9 Å². The molecular formula is C12H11BrFN3. The zero-order chi connectivity index (χ0) is 12.3. The second-order valence-corrected chi connectivity index (χ2v) is 4.27. The molecule has 1 N–H and O–H groups in total. The first-order valence-corrected chi connectivity index (χ1v) is 6.02. The molecule has 0 spiro atoms. The van der Waals surface area contributed by atoms with Crippen molar-refractivity contribution in [1.29, 1.82) is 0 Å². The standard InChI is InChI=1S/C12H11BrFN3/c1-2-15-12-11(16-5-6-17-12)8-3-4-9(13)10(14)7-8/h3-7H,2H2,1H3,(H,15,17). The van der Waals surface area contributed by atoms with Gasteiger partial charge in [0.2, 0.25) is 0 Å². The van der Waals surface area contributed by atoms with Crippen molar-refractivity contribution >= 4 is 21.7 Å². The molecule has 0 unspecified atom stereocenters. The highest BCUT2D eigenvalue weighted by Crippen LogP contribution is 2.26. The van der Waals surface area contributed by atoms with Crippen LogP contribution in [0.15, 0.2) is 35.1 Å². The number of rotatable bonds is 3. The van der Waals surface area contributed by atoms with E-state index in [2.05, 4.69) is 31.2 Å². The minimum absolute atomic E-state index is 0.310.